The van der Waals surface area contributed by atoms with E-state index in [1.165, 1.54) is 35.9 Å². The van der Waals surface area contributed by atoms with Crippen molar-refractivity contribution in [1.82, 2.24) is 20.1 Å². The average Bonchev–Trinajstić information content (AvgIpc) is 2.98. The summed E-state index contributed by atoms with van der Waals surface area (Å²) in [7, 11) is 0. The first-order valence-electron chi connectivity index (χ1n) is 16.0. The molecular weight excluding hydrogens is 684 g/mol. The standard InChI is InChI=1S/C35H39ClF4N4O6/c1-5-7-27(41-32(47)25-8-6-9-44(34(25)49)11-10-43-17-24(18-43)50-35(38,39)40)33(48)42-28(16-29(45)46)26-15-22(12-21(4)31(26)37)30-19(2)13-23(36)14-20(30)3/h6,8-9,12-15,24,27-28H,5,7,10-11,16-18H2,1-4H3,(H,41,47)(H,42,48)(H,45,46)/t27-,28-/m0/s1. The minimum absolute atomic E-state index is 0.0410. The number of aliphatic carboxylic acids is 1. The maximum absolute atomic E-state index is 15.7. The Morgan fingerprint density at radius 2 is 1.70 bits per heavy atom. The molecule has 1 saturated heterocycles. The summed E-state index contributed by atoms with van der Waals surface area (Å²) in [5.74, 6) is -3.60. The molecule has 0 spiro atoms. The number of benzene rings is 2. The summed E-state index contributed by atoms with van der Waals surface area (Å²) in [6, 6.07) is 6.90. The number of ether oxygens (including phenoxy) is 1. The lowest BCUT2D eigenvalue weighted by molar-refractivity contribution is -0.354. The summed E-state index contributed by atoms with van der Waals surface area (Å²) >= 11 is 6.21. The fourth-order valence-electron chi connectivity index (χ4n) is 6.14. The van der Waals surface area contributed by atoms with Gasteiger partial charge in [0.25, 0.3) is 11.5 Å². The number of nitrogens with one attached hydrogen (secondary N) is 2. The van der Waals surface area contributed by atoms with Crippen molar-refractivity contribution < 1.29 is 41.8 Å². The number of rotatable bonds is 14. The minimum atomic E-state index is -4.73. The van der Waals surface area contributed by atoms with Gasteiger partial charge in [0.1, 0.15) is 17.4 Å². The fraction of sp³-hybridized carbons (Fsp3) is 0.429. The maximum atomic E-state index is 15.7. The normalized spacial score (nSPS) is 14.9. The third-order valence-corrected chi connectivity index (χ3v) is 8.70. The van der Waals surface area contributed by atoms with Crippen molar-refractivity contribution in [2.45, 2.75) is 78.1 Å². The highest BCUT2D eigenvalue weighted by Gasteiger charge is 2.39. The fourth-order valence-corrected chi connectivity index (χ4v) is 6.47. The van der Waals surface area contributed by atoms with Crippen LogP contribution in [-0.2, 0) is 20.9 Å². The monoisotopic (exact) mass is 722 g/mol. The second-order valence-electron chi connectivity index (χ2n) is 12.5. The van der Waals surface area contributed by atoms with Gasteiger partial charge in [0.15, 0.2) is 0 Å². The molecule has 15 heteroatoms. The predicted molar refractivity (Wildman–Crippen MR) is 178 cm³/mol. The van der Waals surface area contributed by atoms with Gasteiger partial charge in [0, 0.05) is 43.0 Å². The topological polar surface area (TPSA) is 130 Å². The molecule has 2 heterocycles. The van der Waals surface area contributed by atoms with Gasteiger partial charge in [-0.1, -0.05) is 24.9 Å². The molecule has 0 saturated carbocycles. The Kier molecular flexibility index (Phi) is 12.5. The molecule has 0 bridgehead atoms. The van der Waals surface area contributed by atoms with E-state index in [2.05, 4.69) is 15.4 Å². The Labute approximate surface area is 291 Å². The largest absolute Gasteiger partial charge is 0.522 e. The highest BCUT2D eigenvalue weighted by Crippen LogP contribution is 2.35. The summed E-state index contributed by atoms with van der Waals surface area (Å²) in [5.41, 5.74) is 2.28. The zero-order chi connectivity index (χ0) is 36.9. The van der Waals surface area contributed by atoms with E-state index >= 15 is 4.39 Å². The summed E-state index contributed by atoms with van der Waals surface area (Å²) < 4.78 is 58.1. The highest BCUT2D eigenvalue weighted by molar-refractivity contribution is 6.30. The molecule has 1 aliphatic rings. The van der Waals surface area contributed by atoms with Gasteiger partial charge >= 0.3 is 12.3 Å². The number of hydrogen-bond acceptors (Lipinski definition) is 6. The van der Waals surface area contributed by atoms with Crippen LogP contribution < -0.4 is 16.2 Å². The third kappa shape index (κ3) is 9.70. The molecule has 0 radical (unpaired) electrons. The van der Waals surface area contributed by atoms with E-state index in [0.29, 0.717) is 17.0 Å². The van der Waals surface area contributed by atoms with E-state index in [9.17, 15) is 37.5 Å². The average molecular weight is 723 g/mol. The Morgan fingerprint density at radius 1 is 1.04 bits per heavy atom. The van der Waals surface area contributed by atoms with Gasteiger partial charge in [-0.05, 0) is 91.4 Å². The van der Waals surface area contributed by atoms with Gasteiger partial charge in [-0.3, -0.25) is 28.8 Å². The number of nitrogens with zero attached hydrogens (tertiary/aromatic N) is 2. The molecule has 2 amide bonds. The van der Waals surface area contributed by atoms with Crippen molar-refractivity contribution >= 4 is 29.4 Å². The molecular formula is C35H39ClF4N4O6. The number of likely N-dealkylation sites (tertiary alicyclic amines) is 1. The first kappa shape index (κ1) is 38.5. The molecule has 1 fully saturated rings. The van der Waals surface area contributed by atoms with E-state index in [0.717, 1.165) is 16.7 Å². The van der Waals surface area contributed by atoms with Gasteiger partial charge < -0.3 is 20.3 Å². The Morgan fingerprint density at radius 3 is 2.30 bits per heavy atom. The van der Waals surface area contributed by atoms with E-state index in [1.54, 1.807) is 30.0 Å². The molecule has 270 valence electrons. The van der Waals surface area contributed by atoms with Crippen LogP contribution in [0.4, 0.5) is 17.6 Å². The molecule has 0 unspecified atom stereocenters. The molecule has 3 N–H and O–H groups in total. The number of carbonyl (C=O) groups excluding carboxylic acids is 2. The van der Waals surface area contributed by atoms with Crippen molar-refractivity contribution in [3.8, 4) is 11.1 Å². The van der Waals surface area contributed by atoms with Crippen molar-refractivity contribution in [3.63, 3.8) is 0 Å². The molecule has 3 aromatic rings. The van der Waals surface area contributed by atoms with Crippen LogP contribution in [0.15, 0.2) is 47.4 Å². The summed E-state index contributed by atoms with van der Waals surface area (Å²) in [4.78, 5) is 53.7. The van der Waals surface area contributed by atoms with Crippen molar-refractivity contribution in [2.24, 2.45) is 0 Å². The van der Waals surface area contributed by atoms with Crippen molar-refractivity contribution in [1.29, 1.82) is 0 Å². The number of carboxylic acid groups (broad SMARTS) is 1. The number of aryl methyl sites for hydroxylation is 3. The lowest BCUT2D eigenvalue weighted by atomic mass is 9.90. The van der Waals surface area contributed by atoms with E-state index in [-0.39, 0.29) is 49.3 Å². The summed E-state index contributed by atoms with van der Waals surface area (Å²) in [5, 5.41) is 15.4. The van der Waals surface area contributed by atoms with Crippen LogP contribution in [0.1, 0.15) is 64.8 Å². The number of amides is 2. The molecule has 2 atom stereocenters. The number of pyridine rings is 1. The second-order valence-corrected chi connectivity index (χ2v) is 12.9. The Balaban J connectivity index is 1.52. The zero-order valence-electron chi connectivity index (χ0n) is 28.0. The number of halogens is 5. The first-order chi connectivity index (χ1) is 23.5. The molecule has 4 rings (SSSR count). The summed E-state index contributed by atoms with van der Waals surface area (Å²) in [6.07, 6.45) is -4.38. The van der Waals surface area contributed by atoms with Crippen LogP contribution in [0.25, 0.3) is 11.1 Å². The Hall–Kier alpha value is -4.27. The SMILES string of the molecule is CCC[C@H](NC(=O)c1cccn(CCN2CC(OC(F)(F)F)C2)c1=O)C(=O)N[C@@H](CC(=O)O)c1cc(-c2c(C)cc(Cl)cc2C)cc(C)c1F. The smallest absolute Gasteiger partial charge is 0.481 e. The van der Waals surface area contributed by atoms with Crippen LogP contribution in [0, 0.1) is 26.6 Å². The highest BCUT2D eigenvalue weighted by atomic mass is 35.5. The van der Waals surface area contributed by atoms with Crippen LogP contribution in [0.5, 0.6) is 0 Å². The van der Waals surface area contributed by atoms with Gasteiger partial charge in [0.2, 0.25) is 5.91 Å². The molecule has 10 nitrogen and oxygen atoms in total. The van der Waals surface area contributed by atoms with Gasteiger partial charge in [-0.2, -0.15) is 0 Å². The quantitative estimate of drug-likeness (QED) is 0.183. The molecule has 1 aromatic heterocycles. The molecule has 50 heavy (non-hydrogen) atoms. The number of carbonyl (C=O) groups is 3. The van der Waals surface area contributed by atoms with E-state index in [1.807, 2.05) is 13.8 Å². The van der Waals surface area contributed by atoms with Gasteiger partial charge in [-0.25, -0.2) is 4.39 Å². The van der Waals surface area contributed by atoms with E-state index < -0.39 is 60.1 Å². The molecule has 0 aliphatic carbocycles. The lowest BCUT2D eigenvalue weighted by Crippen LogP contribution is -2.54. The van der Waals surface area contributed by atoms with Crippen molar-refractivity contribution in [3.05, 3.63) is 91.6 Å². The van der Waals surface area contributed by atoms with Crippen LogP contribution in [0.2, 0.25) is 5.02 Å². The van der Waals surface area contributed by atoms with Crippen LogP contribution in [0.3, 0.4) is 0 Å². The van der Waals surface area contributed by atoms with Gasteiger partial charge in [0.05, 0.1) is 18.6 Å². The number of hydrogen-bond donors (Lipinski definition) is 3. The lowest BCUT2D eigenvalue weighted by Gasteiger charge is -2.38. The predicted octanol–water partition coefficient (Wildman–Crippen LogP) is 5.68. The number of carboxylic acids is 1. The number of aromatic nitrogens is 1. The van der Waals surface area contributed by atoms with Crippen LogP contribution >= 0.6 is 11.6 Å². The minimum Gasteiger partial charge on any atom is -0.481 e. The van der Waals surface area contributed by atoms with E-state index in [4.69, 9.17) is 11.6 Å². The first-order valence-corrected chi connectivity index (χ1v) is 16.4. The number of alkyl halides is 3. The maximum Gasteiger partial charge on any atom is 0.522 e. The second kappa shape index (κ2) is 16.2. The van der Waals surface area contributed by atoms with Crippen LogP contribution in [-0.4, -0.2) is 70.5 Å². The van der Waals surface area contributed by atoms with Crippen molar-refractivity contribution in [2.75, 3.05) is 19.6 Å². The summed E-state index contributed by atoms with van der Waals surface area (Å²) in [6.45, 7) is 7.41. The zero-order valence-corrected chi connectivity index (χ0v) is 28.8. The molecule has 1 aliphatic heterocycles. The third-order valence-electron chi connectivity index (χ3n) is 8.48. The molecule has 2 aromatic carbocycles. The van der Waals surface area contributed by atoms with Gasteiger partial charge in [-0.15, -0.1) is 13.2 Å². The Bertz CT molecular complexity index is 1790.